The van der Waals surface area contributed by atoms with E-state index in [1.54, 1.807) is 0 Å². The van der Waals surface area contributed by atoms with Crippen LogP contribution in [0.2, 0.25) is 0 Å². The maximum atomic E-state index is 12.0. The molecule has 1 heterocycles. The number of amides is 1. The van der Waals surface area contributed by atoms with E-state index in [1.807, 2.05) is 0 Å². The number of rotatable bonds is 3. The lowest BCUT2D eigenvalue weighted by molar-refractivity contribution is -0.134. The van der Waals surface area contributed by atoms with Crippen molar-refractivity contribution >= 4 is 5.91 Å². The molecule has 0 aromatic carbocycles. The van der Waals surface area contributed by atoms with Gasteiger partial charge in [-0.25, -0.2) is 0 Å². The standard InChI is InChI=1S/C16H30N2O2/c1-16(2,3)13-6-4-12(5-7-13)10-18-15(19)14-11-17-8-9-20-14/h12-14,17H,4-11H2,1-3H3,(H,18,19). The zero-order valence-electron chi connectivity index (χ0n) is 13.2. The van der Waals surface area contributed by atoms with Crippen molar-refractivity contribution < 1.29 is 9.53 Å². The summed E-state index contributed by atoms with van der Waals surface area (Å²) >= 11 is 0. The molecule has 1 aliphatic heterocycles. The molecule has 0 aromatic heterocycles. The first kappa shape index (κ1) is 15.8. The van der Waals surface area contributed by atoms with Gasteiger partial charge >= 0.3 is 0 Å². The molecule has 1 aliphatic carbocycles. The van der Waals surface area contributed by atoms with Crippen LogP contribution in [0.4, 0.5) is 0 Å². The molecule has 116 valence electrons. The van der Waals surface area contributed by atoms with Crippen LogP contribution in [0.5, 0.6) is 0 Å². The van der Waals surface area contributed by atoms with Crippen molar-refractivity contribution in [3.8, 4) is 0 Å². The Morgan fingerprint density at radius 1 is 1.25 bits per heavy atom. The third kappa shape index (κ3) is 4.45. The quantitative estimate of drug-likeness (QED) is 0.832. The van der Waals surface area contributed by atoms with Gasteiger partial charge in [-0.1, -0.05) is 20.8 Å². The number of carbonyl (C=O) groups is 1. The van der Waals surface area contributed by atoms with Crippen molar-refractivity contribution in [2.24, 2.45) is 17.3 Å². The number of hydrogen-bond acceptors (Lipinski definition) is 3. The van der Waals surface area contributed by atoms with E-state index in [1.165, 1.54) is 25.7 Å². The molecule has 4 nitrogen and oxygen atoms in total. The third-order valence-electron chi connectivity index (χ3n) is 4.86. The molecule has 20 heavy (non-hydrogen) atoms. The van der Waals surface area contributed by atoms with Crippen molar-refractivity contribution in [2.45, 2.75) is 52.6 Å². The third-order valence-corrected chi connectivity index (χ3v) is 4.86. The molecule has 2 rings (SSSR count). The minimum absolute atomic E-state index is 0.0511. The summed E-state index contributed by atoms with van der Waals surface area (Å²) in [5.74, 6) is 1.53. The molecule has 1 amide bonds. The second-order valence-electron chi connectivity index (χ2n) is 7.39. The highest BCUT2D eigenvalue weighted by Gasteiger charge is 2.30. The van der Waals surface area contributed by atoms with Gasteiger partial charge < -0.3 is 15.4 Å². The predicted molar refractivity (Wildman–Crippen MR) is 80.5 cm³/mol. The highest BCUT2D eigenvalue weighted by Crippen LogP contribution is 2.39. The normalized spacial score (nSPS) is 31.9. The van der Waals surface area contributed by atoms with Crippen LogP contribution in [-0.2, 0) is 9.53 Å². The average Bonchev–Trinajstić information content (AvgIpc) is 2.45. The number of carbonyl (C=O) groups excluding carboxylic acids is 1. The van der Waals surface area contributed by atoms with Crippen molar-refractivity contribution in [1.29, 1.82) is 0 Å². The molecule has 4 heteroatoms. The monoisotopic (exact) mass is 282 g/mol. The van der Waals surface area contributed by atoms with Gasteiger partial charge in [0.05, 0.1) is 6.61 Å². The Kier molecular flexibility index (Phi) is 5.44. The van der Waals surface area contributed by atoms with Crippen LogP contribution >= 0.6 is 0 Å². The largest absolute Gasteiger partial charge is 0.366 e. The Hall–Kier alpha value is -0.610. The van der Waals surface area contributed by atoms with Gasteiger partial charge in [0, 0.05) is 19.6 Å². The minimum Gasteiger partial charge on any atom is -0.366 e. The van der Waals surface area contributed by atoms with Gasteiger partial charge in [-0.2, -0.15) is 0 Å². The minimum atomic E-state index is -0.297. The number of morpholine rings is 1. The SMILES string of the molecule is CC(C)(C)C1CCC(CNC(=O)C2CNCCO2)CC1. The Labute approximate surface area is 123 Å². The smallest absolute Gasteiger partial charge is 0.250 e. The van der Waals surface area contributed by atoms with Crippen LogP contribution in [0.3, 0.4) is 0 Å². The zero-order chi connectivity index (χ0) is 14.6. The Morgan fingerprint density at radius 2 is 1.95 bits per heavy atom. The van der Waals surface area contributed by atoms with E-state index in [9.17, 15) is 4.79 Å². The van der Waals surface area contributed by atoms with Crippen molar-refractivity contribution in [3.05, 3.63) is 0 Å². The van der Waals surface area contributed by atoms with Gasteiger partial charge in [-0.05, 0) is 42.9 Å². The molecule has 2 fully saturated rings. The molecule has 0 aromatic rings. The topological polar surface area (TPSA) is 50.4 Å². The fourth-order valence-corrected chi connectivity index (χ4v) is 3.33. The van der Waals surface area contributed by atoms with Crippen LogP contribution < -0.4 is 10.6 Å². The van der Waals surface area contributed by atoms with E-state index < -0.39 is 0 Å². The van der Waals surface area contributed by atoms with Gasteiger partial charge in [0.15, 0.2) is 0 Å². The average molecular weight is 282 g/mol. The van der Waals surface area contributed by atoms with Gasteiger partial charge in [-0.15, -0.1) is 0 Å². The summed E-state index contributed by atoms with van der Waals surface area (Å²) in [5, 5.41) is 6.26. The lowest BCUT2D eigenvalue weighted by Gasteiger charge is -2.37. The second-order valence-corrected chi connectivity index (χ2v) is 7.39. The molecule has 0 bridgehead atoms. The van der Waals surface area contributed by atoms with E-state index in [0.717, 1.165) is 19.0 Å². The molecule has 1 saturated heterocycles. The van der Waals surface area contributed by atoms with Gasteiger partial charge in [0.2, 0.25) is 5.91 Å². The first-order chi connectivity index (χ1) is 9.47. The van der Waals surface area contributed by atoms with E-state index in [4.69, 9.17) is 4.74 Å². The van der Waals surface area contributed by atoms with Crippen LogP contribution in [0, 0.1) is 17.3 Å². The summed E-state index contributed by atoms with van der Waals surface area (Å²) in [4.78, 5) is 12.0. The summed E-state index contributed by atoms with van der Waals surface area (Å²) in [6, 6.07) is 0. The Bertz CT molecular complexity index is 311. The summed E-state index contributed by atoms with van der Waals surface area (Å²) in [6.07, 6.45) is 4.78. The van der Waals surface area contributed by atoms with Crippen LogP contribution in [0.1, 0.15) is 46.5 Å². The lowest BCUT2D eigenvalue weighted by Crippen LogP contribution is -2.48. The second kappa shape index (κ2) is 6.90. The van der Waals surface area contributed by atoms with Gasteiger partial charge in [0.25, 0.3) is 0 Å². The Morgan fingerprint density at radius 3 is 2.50 bits per heavy atom. The van der Waals surface area contributed by atoms with Crippen LogP contribution in [0.15, 0.2) is 0 Å². The molecule has 1 saturated carbocycles. The van der Waals surface area contributed by atoms with Gasteiger partial charge in [0.1, 0.15) is 6.10 Å². The summed E-state index contributed by atoms with van der Waals surface area (Å²) in [7, 11) is 0. The zero-order valence-corrected chi connectivity index (χ0v) is 13.2. The molecule has 0 spiro atoms. The van der Waals surface area contributed by atoms with E-state index in [-0.39, 0.29) is 12.0 Å². The van der Waals surface area contributed by atoms with Crippen molar-refractivity contribution in [3.63, 3.8) is 0 Å². The maximum Gasteiger partial charge on any atom is 0.250 e. The molecule has 2 N–H and O–H groups in total. The van der Waals surface area contributed by atoms with Crippen LogP contribution in [-0.4, -0.2) is 38.3 Å². The van der Waals surface area contributed by atoms with E-state index in [0.29, 0.717) is 24.5 Å². The first-order valence-electron chi connectivity index (χ1n) is 8.07. The summed E-state index contributed by atoms with van der Waals surface area (Å²) < 4.78 is 5.47. The molecular weight excluding hydrogens is 252 g/mol. The fraction of sp³-hybridized carbons (Fsp3) is 0.938. The van der Waals surface area contributed by atoms with Crippen LogP contribution in [0.25, 0.3) is 0 Å². The van der Waals surface area contributed by atoms with Gasteiger partial charge in [-0.3, -0.25) is 4.79 Å². The number of nitrogens with one attached hydrogen (secondary N) is 2. The lowest BCUT2D eigenvalue weighted by atomic mass is 9.70. The fourth-order valence-electron chi connectivity index (χ4n) is 3.33. The molecule has 1 unspecified atom stereocenters. The number of hydrogen-bond donors (Lipinski definition) is 2. The van der Waals surface area contributed by atoms with E-state index in [2.05, 4.69) is 31.4 Å². The highest BCUT2D eigenvalue weighted by atomic mass is 16.5. The summed E-state index contributed by atoms with van der Waals surface area (Å²) in [5.41, 5.74) is 0.426. The molecule has 0 radical (unpaired) electrons. The maximum absolute atomic E-state index is 12.0. The summed E-state index contributed by atoms with van der Waals surface area (Å²) in [6.45, 7) is 9.96. The predicted octanol–water partition coefficient (Wildman–Crippen LogP) is 1.94. The molecular formula is C16H30N2O2. The van der Waals surface area contributed by atoms with E-state index >= 15 is 0 Å². The molecule has 1 atom stereocenters. The molecule has 2 aliphatic rings. The van der Waals surface area contributed by atoms with Crippen molar-refractivity contribution in [1.82, 2.24) is 10.6 Å². The highest BCUT2D eigenvalue weighted by molar-refractivity contribution is 5.81. The first-order valence-corrected chi connectivity index (χ1v) is 8.07. The van der Waals surface area contributed by atoms with Crippen molar-refractivity contribution in [2.75, 3.05) is 26.2 Å². The number of ether oxygens (including phenoxy) is 1. The Balaban J connectivity index is 1.67.